The molecular weight excluding hydrogens is 253 g/mol. The normalized spacial score (nSPS) is 10.5. The van der Waals surface area contributed by atoms with Crippen LogP contribution in [0.4, 0.5) is 33.3 Å². The van der Waals surface area contributed by atoms with Crippen molar-refractivity contribution in [3.8, 4) is 0 Å². The third-order valence-corrected chi connectivity index (χ3v) is 2.24. The maximum atomic E-state index is 13.3. The first-order valence-corrected chi connectivity index (χ1v) is 4.84. The van der Waals surface area contributed by atoms with Crippen LogP contribution in [0.2, 0.25) is 0 Å². The van der Waals surface area contributed by atoms with Crippen molar-refractivity contribution in [3.63, 3.8) is 0 Å². The van der Waals surface area contributed by atoms with Crippen LogP contribution in [0.5, 0.6) is 0 Å². The molecule has 2 aromatic carbocycles. The van der Waals surface area contributed by atoms with E-state index in [1.54, 1.807) is 0 Å². The van der Waals surface area contributed by atoms with Crippen molar-refractivity contribution in [1.82, 2.24) is 0 Å². The van der Waals surface area contributed by atoms with Gasteiger partial charge in [-0.05, 0) is 24.3 Å². The number of halogens is 5. The average molecular weight is 259 g/mol. The quantitative estimate of drug-likeness (QED) is 0.631. The Labute approximate surface area is 98.9 Å². The Balaban J connectivity index is 2.37. The van der Waals surface area contributed by atoms with E-state index in [0.717, 1.165) is 18.2 Å². The molecule has 0 aromatic heterocycles. The minimum Gasteiger partial charge on any atom is -0.351 e. The first kappa shape index (κ1) is 12.3. The van der Waals surface area contributed by atoms with Crippen LogP contribution in [-0.4, -0.2) is 0 Å². The molecule has 94 valence electrons. The number of anilines is 2. The largest absolute Gasteiger partial charge is 0.351 e. The van der Waals surface area contributed by atoms with Gasteiger partial charge in [0.25, 0.3) is 0 Å². The van der Waals surface area contributed by atoms with Gasteiger partial charge in [-0.3, -0.25) is 0 Å². The molecule has 6 heteroatoms. The molecule has 0 bridgehead atoms. The molecule has 1 nitrogen and oxygen atoms in total. The van der Waals surface area contributed by atoms with Gasteiger partial charge in [-0.25, -0.2) is 22.0 Å². The van der Waals surface area contributed by atoms with Gasteiger partial charge in [0.15, 0.2) is 17.5 Å². The van der Waals surface area contributed by atoms with Crippen molar-refractivity contribution in [2.75, 3.05) is 5.32 Å². The molecule has 0 fully saturated rings. The van der Waals surface area contributed by atoms with Crippen LogP contribution < -0.4 is 5.32 Å². The van der Waals surface area contributed by atoms with Crippen LogP contribution in [0.15, 0.2) is 30.3 Å². The Kier molecular flexibility index (Phi) is 3.18. The van der Waals surface area contributed by atoms with Gasteiger partial charge in [0, 0.05) is 6.07 Å². The van der Waals surface area contributed by atoms with Crippen LogP contribution in [0, 0.1) is 29.1 Å². The Morgan fingerprint density at radius 2 is 1.33 bits per heavy atom. The van der Waals surface area contributed by atoms with E-state index >= 15 is 0 Å². The number of nitrogens with one attached hydrogen (secondary N) is 1. The summed E-state index contributed by atoms with van der Waals surface area (Å²) in [6.07, 6.45) is 0. The highest BCUT2D eigenvalue weighted by Crippen LogP contribution is 2.25. The summed E-state index contributed by atoms with van der Waals surface area (Å²) in [5, 5.41) is 2.21. The zero-order valence-corrected chi connectivity index (χ0v) is 8.78. The van der Waals surface area contributed by atoms with E-state index < -0.39 is 34.8 Å². The molecule has 18 heavy (non-hydrogen) atoms. The van der Waals surface area contributed by atoms with Crippen LogP contribution in [0.25, 0.3) is 0 Å². The number of hydrogen-bond acceptors (Lipinski definition) is 1. The van der Waals surface area contributed by atoms with Gasteiger partial charge in [0.1, 0.15) is 11.6 Å². The van der Waals surface area contributed by atoms with Crippen LogP contribution in [-0.2, 0) is 0 Å². The van der Waals surface area contributed by atoms with E-state index in [9.17, 15) is 22.0 Å². The fourth-order valence-corrected chi connectivity index (χ4v) is 1.36. The fourth-order valence-electron chi connectivity index (χ4n) is 1.36. The highest BCUT2D eigenvalue weighted by atomic mass is 19.2. The molecule has 2 rings (SSSR count). The van der Waals surface area contributed by atoms with Gasteiger partial charge in [-0.1, -0.05) is 0 Å². The minimum absolute atomic E-state index is 0.249. The molecule has 2 aromatic rings. The van der Waals surface area contributed by atoms with Crippen molar-refractivity contribution in [2.45, 2.75) is 0 Å². The van der Waals surface area contributed by atoms with Crippen LogP contribution in [0.3, 0.4) is 0 Å². The Morgan fingerprint density at radius 3 is 2.00 bits per heavy atom. The molecule has 1 N–H and O–H groups in total. The summed E-state index contributed by atoms with van der Waals surface area (Å²) in [6, 6.07) is 4.16. The van der Waals surface area contributed by atoms with E-state index in [4.69, 9.17) is 0 Å². The van der Waals surface area contributed by atoms with E-state index in [0.29, 0.717) is 12.1 Å². The molecule has 0 saturated heterocycles. The monoisotopic (exact) mass is 259 g/mol. The number of rotatable bonds is 2. The summed E-state index contributed by atoms with van der Waals surface area (Å²) in [5.41, 5.74) is -0.694. The van der Waals surface area contributed by atoms with E-state index in [-0.39, 0.29) is 5.69 Å². The first-order chi connectivity index (χ1) is 8.49. The highest BCUT2D eigenvalue weighted by molar-refractivity contribution is 5.60. The molecule has 0 atom stereocenters. The standard InChI is InChI=1S/C12H6F5N/c13-6-1-3-9(8(15)5-6)18-10-4-2-7(14)11(16)12(10)17/h1-5,18H. The summed E-state index contributed by atoms with van der Waals surface area (Å²) in [5.74, 6) is -6.26. The molecule has 0 radical (unpaired) electrons. The van der Waals surface area contributed by atoms with Gasteiger partial charge >= 0.3 is 0 Å². The lowest BCUT2D eigenvalue weighted by Crippen LogP contribution is -2.00. The summed E-state index contributed by atoms with van der Waals surface area (Å²) < 4.78 is 64.8. The molecule has 0 saturated carbocycles. The average Bonchev–Trinajstić information content (AvgIpc) is 2.33. The lowest BCUT2D eigenvalue weighted by Gasteiger charge is -2.09. The zero-order chi connectivity index (χ0) is 13.3. The van der Waals surface area contributed by atoms with Gasteiger partial charge in [-0.2, -0.15) is 0 Å². The Hall–Kier alpha value is -2.11. The SMILES string of the molecule is Fc1ccc(Nc2ccc(F)c(F)c2F)c(F)c1. The molecule has 0 unspecified atom stereocenters. The zero-order valence-electron chi connectivity index (χ0n) is 8.78. The maximum absolute atomic E-state index is 13.3. The van der Waals surface area contributed by atoms with Crippen molar-refractivity contribution in [1.29, 1.82) is 0 Å². The summed E-state index contributed by atoms with van der Waals surface area (Å²) in [7, 11) is 0. The van der Waals surface area contributed by atoms with Gasteiger partial charge in [-0.15, -0.1) is 0 Å². The highest BCUT2D eigenvalue weighted by Gasteiger charge is 2.14. The maximum Gasteiger partial charge on any atom is 0.196 e. The van der Waals surface area contributed by atoms with Crippen LogP contribution >= 0.6 is 0 Å². The lowest BCUT2D eigenvalue weighted by atomic mass is 10.2. The van der Waals surface area contributed by atoms with Gasteiger partial charge < -0.3 is 5.32 Å². The van der Waals surface area contributed by atoms with Crippen LogP contribution in [0.1, 0.15) is 0 Å². The molecular formula is C12H6F5N. The Morgan fingerprint density at radius 1 is 0.667 bits per heavy atom. The fraction of sp³-hybridized carbons (Fsp3) is 0. The summed E-state index contributed by atoms with van der Waals surface area (Å²) >= 11 is 0. The molecule has 0 heterocycles. The van der Waals surface area contributed by atoms with Crippen molar-refractivity contribution in [3.05, 3.63) is 59.4 Å². The van der Waals surface area contributed by atoms with Crippen molar-refractivity contribution >= 4 is 11.4 Å². The van der Waals surface area contributed by atoms with E-state index in [2.05, 4.69) is 5.32 Å². The molecule has 0 spiro atoms. The Bertz CT molecular complexity index is 597. The topological polar surface area (TPSA) is 12.0 Å². The summed E-state index contributed by atoms with van der Waals surface area (Å²) in [6.45, 7) is 0. The smallest absolute Gasteiger partial charge is 0.196 e. The van der Waals surface area contributed by atoms with Gasteiger partial charge in [0.2, 0.25) is 0 Å². The lowest BCUT2D eigenvalue weighted by molar-refractivity contribution is 0.449. The minimum atomic E-state index is -1.66. The third kappa shape index (κ3) is 2.27. The van der Waals surface area contributed by atoms with Crippen molar-refractivity contribution < 1.29 is 22.0 Å². The number of hydrogen-bond donors (Lipinski definition) is 1. The van der Waals surface area contributed by atoms with E-state index in [1.807, 2.05) is 0 Å². The second-order valence-corrected chi connectivity index (χ2v) is 3.47. The second kappa shape index (κ2) is 4.64. The predicted molar refractivity (Wildman–Crippen MR) is 56.0 cm³/mol. The molecule has 0 aliphatic rings. The summed E-state index contributed by atoms with van der Waals surface area (Å²) in [4.78, 5) is 0. The second-order valence-electron chi connectivity index (χ2n) is 3.47. The third-order valence-electron chi connectivity index (χ3n) is 2.24. The van der Waals surface area contributed by atoms with Gasteiger partial charge in [0.05, 0.1) is 11.4 Å². The molecule has 0 aliphatic carbocycles. The molecule has 0 aliphatic heterocycles. The van der Waals surface area contributed by atoms with Crippen molar-refractivity contribution in [2.24, 2.45) is 0 Å². The first-order valence-electron chi connectivity index (χ1n) is 4.84. The predicted octanol–water partition coefficient (Wildman–Crippen LogP) is 4.13. The van der Waals surface area contributed by atoms with E-state index in [1.165, 1.54) is 0 Å². The number of benzene rings is 2. The molecule has 0 amide bonds.